The summed E-state index contributed by atoms with van der Waals surface area (Å²) in [5.74, 6) is -2.51. The van der Waals surface area contributed by atoms with Crippen LogP contribution in [0.5, 0.6) is 0 Å². The van der Waals surface area contributed by atoms with Crippen LogP contribution in [0.4, 0.5) is 11.4 Å². The Hall–Kier alpha value is -4.28. The monoisotopic (exact) mass is 395 g/mol. The van der Waals surface area contributed by atoms with Gasteiger partial charge < -0.3 is 5.32 Å². The van der Waals surface area contributed by atoms with E-state index in [-0.39, 0.29) is 16.7 Å². The fourth-order valence-corrected chi connectivity index (χ4v) is 2.62. The summed E-state index contributed by atoms with van der Waals surface area (Å²) in [5.41, 5.74) is 0.573. The number of carbonyl (C=O) groups is 2. The standard InChI is InChI=1S/C18H13N5O6/c1-10-4-2-3-5-12(10)21-18(25)17(24)16(23(28)29)15-9-19-13-7-6-11(22(26)27)8-14(13)20-15/h2-9,16H,1H3,(H,21,25)/t16-/m0/s1. The summed E-state index contributed by atoms with van der Waals surface area (Å²) in [6, 6.07) is 8.15. The number of nitro groups is 2. The molecule has 0 unspecified atom stereocenters. The van der Waals surface area contributed by atoms with E-state index in [4.69, 9.17) is 0 Å². The van der Waals surface area contributed by atoms with Crippen LogP contribution in [0.15, 0.2) is 48.7 Å². The summed E-state index contributed by atoms with van der Waals surface area (Å²) in [7, 11) is 0. The van der Waals surface area contributed by atoms with Gasteiger partial charge in [-0.25, -0.2) is 4.98 Å². The molecule has 1 aromatic heterocycles. The maximum Gasteiger partial charge on any atom is 0.322 e. The first-order valence-electron chi connectivity index (χ1n) is 8.23. The highest BCUT2D eigenvalue weighted by Gasteiger charge is 2.38. The summed E-state index contributed by atoms with van der Waals surface area (Å²) in [4.78, 5) is 53.5. The molecule has 11 nitrogen and oxygen atoms in total. The van der Waals surface area contributed by atoms with Crippen molar-refractivity contribution in [1.82, 2.24) is 9.97 Å². The molecular formula is C18H13N5O6. The number of hydrogen-bond donors (Lipinski definition) is 1. The van der Waals surface area contributed by atoms with Crippen LogP contribution in [0.2, 0.25) is 0 Å². The SMILES string of the molecule is Cc1ccccc1NC(=O)C(=O)[C@H](c1cnc2ccc([N+](=O)[O-])cc2n1)[N+](=O)[O-]. The molecule has 1 amide bonds. The number of nitro benzene ring substituents is 1. The average molecular weight is 395 g/mol. The molecule has 0 bridgehead atoms. The Morgan fingerprint density at radius 3 is 2.45 bits per heavy atom. The molecule has 1 atom stereocenters. The molecule has 0 aliphatic rings. The van der Waals surface area contributed by atoms with Crippen molar-refractivity contribution < 1.29 is 19.4 Å². The number of non-ortho nitro benzene ring substituents is 1. The Morgan fingerprint density at radius 2 is 1.79 bits per heavy atom. The van der Waals surface area contributed by atoms with Crippen molar-refractivity contribution in [3.8, 4) is 0 Å². The van der Waals surface area contributed by atoms with Gasteiger partial charge in [-0.3, -0.25) is 34.8 Å². The largest absolute Gasteiger partial charge is 0.322 e. The number of amides is 1. The molecule has 0 spiro atoms. The molecule has 2 aromatic carbocycles. The molecule has 0 saturated carbocycles. The number of nitrogens with zero attached hydrogens (tertiary/aromatic N) is 4. The summed E-state index contributed by atoms with van der Waals surface area (Å²) >= 11 is 0. The lowest BCUT2D eigenvalue weighted by atomic mass is 10.1. The molecule has 3 rings (SSSR count). The van der Waals surface area contributed by atoms with Crippen LogP contribution in [0, 0.1) is 27.2 Å². The lowest BCUT2D eigenvalue weighted by Gasteiger charge is -2.10. The number of nitrogens with one attached hydrogen (secondary N) is 1. The summed E-state index contributed by atoms with van der Waals surface area (Å²) < 4.78 is 0. The van der Waals surface area contributed by atoms with E-state index >= 15 is 0 Å². The van der Waals surface area contributed by atoms with Crippen LogP contribution in [-0.4, -0.2) is 31.5 Å². The Balaban J connectivity index is 1.95. The highest BCUT2D eigenvalue weighted by Crippen LogP contribution is 2.22. The van der Waals surface area contributed by atoms with E-state index in [0.29, 0.717) is 11.3 Å². The van der Waals surface area contributed by atoms with Gasteiger partial charge >= 0.3 is 6.04 Å². The van der Waals surface area contributed by atoms with Crippen molar-refractivity contribution in [2.24, 2.45) is 0 Å². The predicted octanol–water partition coefficient (Wildman–Crippen LogP) is 2.37. The third-order valence-electron chi connectivity index (χ3n) is 4.11. The maximum absolute atomic E-state index is 12.5. The highest BCUT2D eigenvalue weighted by molar-refractivity contribution is 6.42. The lowest BCUT2D eigenvalue weighted by molar-refractivity contribution is -0.513. The predicted molar refractivity (Wildman–Crippen MR) is 101 cm³/mol. The molecule has 0 saturated heterocycles. The van der Waals surface area contributed by atoms with Crippen LogP contribution in [-0.2, 0) is 9.59 Å². The number of benzene rings is 2. The number of hydrogen-bond acceptors (Lipinski definition) is 8. The first-order valence-corrected chi connectivity index (χ1v) is 8.23. The molecule has 11 heteroatoms. The van der Waals surface area contributed by atoms with E-state index < -0.39 is 33.3 Å². The van der Waals surface area contributed by atoms with Crippen molar-refractivity contribution in [2.45, 2.75) is 13.0 Å². The van der Waals surface area contributed by atoms with Gasteiger partial charge in [-0.15, -0.1) is 0 Å². The van der Waals surface area contributed by atoms with E-state index in [1.807, 2.05) is 0 Å². The second-order valence-corrected chi connectivity index (χ2v) is 6.05. The van der Waals surface area contributed by atoms with Gasteiger partial charge in [-0.2, -0.15) is 0 Å². The maximum atomic E-state index is 12.5. The summed E-state index contributed by atoms with van der Waals surface area (Å²) in [6.45, 7) is 1.70. The van der Waals surface area contributed by atoms with Gasteiger partial charge in [0.1, 0.15) is 5.69 Å². The molecule has 29 heavy (non-hydrogen) atoms. The quantitative estimate of drug-likeness (QED) is 0.378. The van der Waals surface area contributed by atoms with E-state index in [9.17, 15) is 29.8 Å². The van der Waals surface area contributed by atoms with Gasteiger partial charge in [0.25, 0.3) is 17.4 Å². The number of carbonyl (C=O) groups excluding carboxylic acids is 2. The topological polar surface area (TPSA) is 158 Å². The lowest BCUT2D eigenvalue weighted by Crippen LogP contribution is -2.33. The molecule has 3 aromatic rings. The van der Waals surface area contributed by atoms with Crippen molar-refractivity contribution >= 4 is 34.1 Å². The normalized spacial score (nSPS) is 11.6. The van der Waals surface area contributed by atoms with Gasteiger partial charge in [-0.1, -0.05) is 18.2 Å². The van der Waals surface area contributed by atoms with Gasteiger partial charge in [0.2, 0.25) is 0 Å². The van der Waals surface area contributed by atoms with Crippen LogP contribution in [0.25, 0.3) is 11.0 Å². The van der Waals surface area contributed by atoms with E-state index in [1.54, 1.807) is 31.2 Å². The zero-order valence-corrected chi connectivity index (χ0v) is 14.9. The molecule has 146 valence electrons. The Labute approximate surface area is 162 Å². The van der Waals surface area contributed by atoms with Crippen molar-refractivity contribution in [1.29, 1.82) is 0 Å². The summed E-state index contributed by atoms with van der Waals surface area (Å²) in [5, 5.41) is 24.8. The van der Waals surface area contributed by atoms with E-state index in [0.717, 1.165) is 12.3 Å². The van der Waals surface area contributed by atoms with Gasteiger partial charge in [0, 0.05) is 22.7 Å². The van der Waals surface area contributed by atoms with Crippen LogP contribution >= 0.6 is 0 Å². The molecule has 0 aliphatic carbocycles. The smallest absolute Gasteiger partial charge is 0.319 e. The molecule has 1 N–H and O–H groups in total. The van der Waals surface area contributed by atoms with Crippen LogP contribution < -0.4 is 5.32 Å². The Kier molecular flexibility index (Phi) is 5.21. The minimum Gasteiger partial charge on any atom is -0.319 e. The molecule has 1 heterocycles. The molecule has 0 aliphatic heterocycles. The van der Waals surface area contributed by atoms with Crippen molar-refractivity contribution in [2.75, 3.05) is 5.32 Å². The second kappa shape index (κ2) is 7.76. The first-order chi connectivity index (χ1) is 13.8. The fourth-order valence-electron chi connectivity index (χ4n) is 2.62. The van der Waals surface area contributed by atoms with Crippen LogP contribution in [0.3, 0.4) is 0 Å². The van der Waals surface area contributed by atoms with E-state index in [2.05, 4.69) is 15.3 Å². The van der Waals surface area contributed by atoms with Gasteiger partial charge in [-0.05, 0) is 24.6 Å². The zero-order chi connectivity index (χ0) is 21.1. The zero-order valence-electron chi connectivity index (χ0n) is 14.9. The Bertz CT molecular complexity index is 1160. The van der Waals surface area contributed by atoms with Crippen LogP contribution in [0.1, 0.15) is 17.3 Å². The van der Waals surface area contributed by atoms with Gasteiger partial charge in [0.15, 0.2) is 0 Å². The Morgan fingerprint density at radius 1 is 1.07 bits per heavy atom. The number of aryl methyl sites for hydroxylation is 1. The van der Waals surface area contributed by atoms with Crippen molar-refractivity contribution in [3.63, 3.8) is 0 Å². The first kappa shape index (κ1) is 19.5. The van der Waals surface area contributed by atoms with E-state index in [1.165, 1.54) is 12.1 Å². The number of rotatable bonds is 6. The molecule has 0 radical (unpaired) electrons. The number of ketones is 1. The van der Waals surface area contributed by atoms with Gasteiger partial charge in [0.05, 0.1) is 22.2 Å². The molecular weight excluding hydrogens is 382 g/mol. The molecule has 0 fully saturated rings. The fraction of sp³-hybridized carbons (Fsp3) is 0.111. The highest BCUT2D eigenvalue weighted by atomic mass is 16.6. The average Bonchev–Trinajstić information content (AvgIpc) is 2.68. The number of aromatic nitrogens is 2. The number of fused-ring (bicyclic) bond motifs is 1. The number of anilines is 1. The number of Topliss-reactive ketones (excluding diaryl/α,β-unsaturated/α-hetero) is 1. The third kappa shape index (κ3) is 4.03. The second-order valence-electron chi connectivity index (χ2n) is 6.05. The van der Waals surface area contributed by atoms with Crippen molar-refractivity contribution in [3.05, 3.63) is 80.1 Å². The third-order valence-corrected chi connectivity index (χ3v) is 4.11. The minimum atomic E-state index is -2.10. The number of para-hydroxylation sites is 1. The minimum absolute atomic E-state index is 0.00402. The summed E-state index contributed by atoms with van der Waals surface area (Å²) in [6.07, 6.45) is 1.00.